The van der Waals surface area contributed by atoms with Crippen molar-refractivity contribution in [1.82, 2.24) is 9.55 Å². The first kappa shape index (κ1) is 13.5. The molecule has 0 saturated carbocycles. The van der Waals surface area contributed by atoms with Crippen molar-refractivity contribution >= 4 is 29.5 Å². The molecule has 1 aliphatic rings. The summed E-state index contributed by atoms with van der Waals surface area (Å²) in [5, 5.41) is 0.194. The Morgan fingerprint density at radius 2 is 2.33 bits per heavy atom. The number of rotatable bonds is 3. The van der Waals surface area contributed by atoms with Gasteiger partial charge in [-0.3, -0.25) is 14.2 Å². The van der Waals surface area contributed by atoms with Gasteiger partial charge in [0.05, 0.1) is 17.7 Å². The molecule has 98 valence electrons. The molecule has 0 N–H and O–H groups in total. The second kappa shape index (κ2) is 5.36. The van der Waals surface area contributed by atoms with E-state index < -0.39 is 0 Å². The van der Waals surface area contributed by atoms with E-state index in [1.807, 2.05) is 0 Å². The molecule has 0 aliphatic carbocycles. The molecule has 0 fully saturated rings. The minimum Gasteiger partial charge on any atom is -0.468 e. The van der Waals surface area contributed by atoms with Crippen LogP contribution in [0.4, 0.5) is 0 Å². The minimum absolute atomic E-state index is 0.0259. The van der Waals surface area contributed by atoms with Crippen molar-refractivity contribution in [2.45, 2.75) is 28.6 Å². The lowest BCUT2D eigenvalue weighted by Crippen LogP contribution is -2.24. The molecule has 1 atom stereocenters. The third kappa shape index (κ3) is 2.42. The maximum Gasteiger partial charge on any atom is 0.318 e. The molecular weight excluding hydrogens is 272 g/mol. The molecule has 0 saturated heterocycles. The summed E-state index contributed by atoms with van der Waals surface area (Å²) in [4.78, 5) is 28.7. The number of nitrogens with zero attached hydrogens (tertiary/aromatic N) is 2. The van der Waals surface area contributed by atoms with Gasteiger partial charge in [0.2, 0.25) is 0 Å². The summed E-state index contributed by atoms with van der Waals surface area (Å²) in [5.74, 6) is 0.585. The van der Waals surface area contributed by atoms with E-state index in [9.17, 15) is 9.59 Å². The summed E-state index contributed by atoms with van der Waals surface area (Å²) >= 11 is 2.80. The van der Waals surface area contributed by atoms with E-state index >= 15 is 0 Å². The normalized spacial score (nSPS) is 15.3. The highest BCUT2D eigenvalue weighted by atomic mass is 32.2. The zero-order valence-electron chi connectivity index (χ0n) is 10.4. The van der Waals surface area contributed by atoms with E-state index in [2.05, 4.69) is 9.72 Å². The van der Waals surface area contributed by atoms with Crippen molar-refractivity contribution in [2.24, 2.45) is 7.05 Å². The van der Waals surface area contributed by atoms with Crippen LogP contribution in [0.5, 0.6) is 0 Å². The van der Waals surface area contributed by atoms with Crippen LogP contribution in [0.25, 0.3) is 0 Å². The number of carbonyl (C=O) groups is 1. The van der Waals surface area contributed by atoms with Crippen LogP contribution in [-0.4, -0.2) is 33.6 Å². The quantitative estimate of drug-likeness (QED) is 0.471. The van der Waals surface area contributed by atoms with Crippen molar-refractivity contribution in [3.8, 4) is 0 Å². The molecule has 2 heterocycles. The first-order valence-corrected chi connectivity index (χ1v) is 7.38. The van der Waals surface area contributed by atoms with E-state index in [4.69, 9.17) is 0 Å². The molecule has 1 aromatic rings. The van der Waals surface area contributed by atoms with E-state index in [1.54, 1.807) is 25.7 Å². The van der Waals surface area contributed by atoms with E-state index in [1.165, 1.54) is 23.4 Å². The second-order valence-electron chi connectivity index (χ2n) is 3.92. The summed E-state index contributed by atoms with van der Waals surface area (Å²) in [5.41, 5.74) is 0.824. The zero-order chi connectivity index (χ0) is 13.3. The number of methoxy groups -OCH3 is 1. The molecule has 1 aromatic heterocycles. The first-order valence-electron chi connectivity index (χ1n) is 5.51. The van der Waals surface area contributed by atoms with Crippen molar-refractivity contribution < 1.29 is 9.53 Å². The Bertz CT molecular complexity index is 542. The fourth-order valence-corrected chi connectivity index (χ4v) is 3.63. The van der Waals surface area contributed by atoms with Gasteiger partial charge in [0.15, 0.2) is 5.16 Å². The average molecular weight is 286 g/mol. The van der Waals surface area contributed by atoms with Crippen molar-refractivity contribution in [3.05, 3.63) is 16.0 Å². The highest BCUT2D eigenvalue weighted by molar-refractivity contribution is 8.00. The van der Waals surface area contributed by atoms with Gasteiger partial charge in [-0.15, -0.1) is 11.8 Å². The minimum atomic E-state index is -0.375. The van der Waals surface area contributed by atoms with Gasteiger partial charge < -0.3 is 4.74 Å². The monoisotopic (exact) mass is 286 g/mol. The van der Waals surface area contributed by atoms with Crippen LogP contribution in [0.2, 0.25) is 0 Å². The van der Waals surface area contributed by atoms with Gasteiger partial charge >= 0.3 is 5.97 Å². The summed E-state index contributed by atoms with van der Waals surface area (Å²) in [6.45, 7) is 1.74. The van der Waals surface area contributed by atoms with E-state index in [0.29, 0.717) is 5.16 Å². The lowest BCUT2D eigenvalue weighted by atomic mass is 10.3. The maximum absolute atomic E-state index is 12.1. The van der Waals surface area contributed by atoms with Crippen molar-refractivity contribution in [2.75, 3.05) is 12.9 Å². The third-order valence-corrected chi connectivity index (χ3v) is 4.91. The Hall–Kier alpha value is -0.950. The molecule has 2 rings (SSSR count). The number of fused-ring (bicyclic) bond motifs is 1. The van der Waals surface area contributed by atoms with Crippen molar-refractivity contribution in [3.63, 3.8) is 0 Å². The lowest BCUT2D eigenvalue weighted by Gasteiger charge is -2.12. The predicted molar refractivity (Wildman–Crippen MR) is 71.2 cm³/mol. The predicted octanol–water partition coefficient (Wildman–Crippen LogP) is 1.08. The van der Waals surface area contributed by atoms with Gasteiger partial charge in [-0.25, -0.2) is 4.98 Å². The van der Waals surface area contributed by atoms with Gasteiger partial charge in [0.1, 0.15) is 5.25 Å². The topological polar surface area (TPSA) is 61.2 Å². The molecule has 0 unspecified atom stereocenters. The van der Waals surface area contributed by atoms with Crippen LogP contribution < -0.4 is 5.56 Å². The van der Waals surface area contributed by atoms with E-state index in [-0.39, 0.29) is 16.8 Å². The van der Waals surface area contributed by atoms with Crippen LogP contribution >= 0.6 is 23.5 Å². The molecule has 7 heteroatoms. The summed E-state index contributed by atoms with van der Waals surface area (Å²) in [6.07, 6.45) is 0.816. The number of carbonyl (C=O) groups excluding carboxylic acids is 1. The Balaban J connectivity index is 2.32. The molecule has 1 aliphatic heterocycles. The highest BCUT2D eigenvalue weighted by Crippen LogP contribution is 2.29. The van der Waals surface area contributed by atoms with Gasteiger partial charge in [0.25, 0.3) is 5.56 Å². The molecule has 18 heavy (non-hydrogen) atoms. The number of esters is 1. The Kier molecular flexibility index (Phi) is 4.01. The Morgan fingerprint density at radius 3 is 3.00 bits per heavy atom. The standard InChI is InChI=1S/C11H14N2O3S2/c1-6(10(15)16-3)18-11-12-7-4-5-17-8(7)9(14)13(11)2/h6H,4-5H2,1-3H3/t6-/m1/s1. The number of aromatic nitrogens is 2. The maximum atomic E-state index is 12.1. The molecule has 5 nitrogen and oxygen atoms in total. The number of ether oxygens (including phenoxy) is 1. The molecule has 0 aromatic carbocycles. The molecular formula is C11H14N2O3S2. The average Bonchev–Trinajstić information content (AvgIpc) is 2.82. The molecule has 0 radical (unpaired) electrons. The number of hydrogen-bond acceptors (Lipinski definition) is 6. The van der Waals surface area contributed by atoms with Crippen molar-refractivity contribution in [1.29, 1.82) is 0 Å². The van der Waals surface area contributed by atoms with Gasteiger partial charge in [-0.1, -0.05) is 11.8 Å². The SMILES string of the molecule is COC(=O)[C@@H](C)Sc1nc2c(c(=O)n1C)SCC2. The first-order chi connectivity index (χ1) is 8.54. The Labute approximate surface area is 113 Å². The van der Waals surface area contributed by atoms with Crippen LogP contribution in [0, 0.1) is 0 Å². The van der Waals surface area contributed by atoms with Crippen LogP contribution in [-0.2, 0) is 23.0 Å². The van der Waals surface area contributed by atoms with E-state index in [0.717, 1.165) is 22.8 Å². The largest absolute Gasteiger partial charge is 0.468 e. The van der Waals surface area contributed by atoms with Gasteiger partial charge in [-0.05, 0) is 6.92 Å². The Morgan fingerprint density at radius 1 is 1.61 bits per heavy atom. The number of aryl methyl sites for hydroxylation is 1. The van der Waals surface area contributed by atoms with Crippen LogP contribution in [0.1, 0.15) is 12.6 Å². The third-order valence-electron chi connectivity index (χ3n) is 2.68. The summed E-state index contributed by atoms with van der Waals surface area (Å²) in [7, 11) is 3.03. The summed E-state index contributed by atoms with van der Waals surface area (Å²) in [6, 6.07) is 0. The molecule has 0 spiro atoms. The molecule has 0 bridgehead atoms. The zero-order valence-corrected chi connectivity index (χ0v) is 12.1. The number of hydrogen-bond donors (Lipinski definition) is 0. The van der Waals surface area contributed by atoms with Gasteiger partial charge in [-0.2, -0.15) is 0 Å². The van der Waals surface area contributed by atoms with Gasteiger partial charge in [0, 0.05) is 19.2 Å². The fourth-order valence-electron chi connectivity index (χ4n) is 1.65. The molecule has 0 amide bonds. The lowest BCUT2D eigenvalue weighted by molar-refractivity contribution is -0.139. The van der Waals surface area contributed by atoms with Crippen LogP contribution in [0.15, 0.2) is 14.8 Å². The smallest absolute Gasteiger partial charge is 0.318 e. The van der Waals surface area contributed by atoms with Crippen LogP contribution in [0.3, 0.4) is 0 Å². The number of thioether (sulfide) groups is 2. The highest BCUT2D eigenvalue weighted by Gasteiger charge is 2.23. The second-order valence-corrected chi connectivity index (χ2v) is 6.33. The summed E-state index contributed by atoms with van der Waals surface area (Å²) < 4.78 is 6.17. The fraction of sp³-hybridized carbons (Fsp3) is 0.545.